The number of aromatic nitrogens is 2. The lowest BCUT2D eigenvalue weighted by Crippen LogP contribution is -2.52. The number of nitrogens with two attached hydrogens (primary N) is 1. The Bertz CT molecular complexity index is 597. The summed E-state index contributed by atoms with van der Waals surface area (Å²) in [4.78, 5) is 10.4. The number of rotatable bonds is 2. The molecule has 0 radical (unpaired) electrons. The Labute approximate surface area is 125 Å². The predicted octanol–water partition coefficient (Wildman–Crippen LogP) is -0.729. The fourth-order valence-electron chi connectivity index (χ4n) is 2.52. The van der Waals surface area contributed by atoms with Gasteiger partial charge in [-0.3, -0.25) is 4.90 Å². The summed E-state index contributed by atoms with van der Waals surface area (Å²) in [6.45, 7) is 4.95. The van der Waals surface area contributed by atoms with Crippen molar-refractivity contribution in [2.75, 3.05) is 17.2 Å². The van der Waals surface area contributed by atoms with E-state index < -0.39 is 30.6 Å². The summed E-state index contributed by atoms with van der Waals surface area (Å²) in [5.41, 5.74) is 4.01. The Morgan fingerprint density at radius 3 is 2.95 bits per heavy atom. The second-order valence-corrected chi connectivity index (χ2v) is 6.28. The average Bonchev–Trinajstić information content (AvgIpc) is 2.85. The van der Waals surface area contributed by atoms with E-state index >= 15 is 0 Å². The van der Waals surface area contributed by atoms with Crippen molar-refractivity contribution in [3.63, 3.8) is 0 Å². The van der Waals surface area contributed by atoms with Crippen molar-refractivity contribution in [2.24, 2.45) is 0 Å². The minimum Gasteiger partial charge on any atom is -0.394 e. The van der Waals surface area contributed by atoms with E-state index in [2.05, 4.69) is 16.5 Å². The van der Waals surface area contributed by atoms with Crippen LogP contribution >= 0.6 is 11.8 Å². The smallest absolute Gasteiger partial charge is 0.222 e. The van der Waals surface area contributed by atoms with Crippen LogP contribution in [0.5, 0.6) is 0 Å². The highest BCUT2D eigenvalue weighted by Crippen LogP contribution is 2.48. The standard InChI is InChI=1S/C12H16N4O4S/c1-5-16(9-7(21-5)3-14-11(13)15-9)10-12(2,19)8(18)6(4-17)20-10/h3,6,8,10,17-19H,1,4H2,2H3,(H2,13,14,15)/t6-,8-,10-,12-/m1/s1. The third-order valence-electron chi connectivity index (χ3n) is 3.65. The van der Waals surface area contributed by atoms with Gasteiger partial charge in [-0.2, -0.15) is 4.98 Å². The van der Waals surface area contributed by atoms with Gasteiger partial charge in [-0.25, -0.2) is 4.98 Å². The Kier molecular flexibility index (Phi) is 3.34. The molecule has 4 atom stereocenters. The molecule has 0 spiro atoms. The molecule has 0 bridgehead atoms. The van der Waals surface area contributed by atoms with E-state index in [1.165, 1.54) is 18.7 Å². The predicted molar refractivity (Wildman–Crippen MR) is 76.3 cm³/mol. The van der Waals surface area contributed by atoms with Crippen LogP contribution in [0.3, 0.4) is 0 Å². The molecule has 2 aliphatic heterocycles. The molecule has 2 aliphatic rings. The number of nitrogen functional groups attached to an aromatic ring is 1. The van der Waals surface area contributed by atoms with Gasteiger partial charge in [0.25, 0.3) is 0 Å². The molecule has 114 valence electrons. The molecule has 3 rings (SSSR count). The van der Waals surface area contributed by atoms with E-state index in [4.69, 9.17) is 10.5 Å². The maximum atomic E-state index is 10.5. The molecule has 21 heavy (non-hydrogen) atoms. The Morgan fingerprint density at radius 2 is 2.33 bits per heavy atom. The Balaban J connectivity index is 2.02. The van der Waals surface area contributed by atoms with Gasteiger partial charge < -0.3 is 25.8 Å². The van der Waals surface area contributed by atoms with E-state index in [1.807, 2.05) is 0 Å². The van der Waals surface area contributed by atoms with Gasteiger partial charge in [0.15, 0.2) is 12.0 Å². The first-order valence-electron chi connectivity index (χ1n) is 6.31. The summed E-state index contributed by atoms with van der Waals surface area (Å²) in [7, 11) is 0. The number of fused-ring (bicyclic) bond motifs is 1. The van der Waals surface area contributed by atoms with Crippen LogP contribution in [0, 0.1) is 0 Å². The first-order chi connectivity index (χ1) is 9.86. The molecule has 0 aliphatic carbocycles. The normalized spacial score (nSPS) is 35.3. The molecule has 0 amide bonds. The molecule has 1 aromatic rings. The number of nitrogens with zero attached hydrogens (tertiary/aromatic N) is 3. The monoisotopic (exact) mass is 312 g/mol. The second kappa shape index (κ2) is 4.82. The summed E-state index contributed by atoms with van der Waals surface area (Å²) >= 11 is 1.32. The van der Waals surface area contributed by atoms with Gasteiger partial charge in [-0.05, 0) is 6.92 Å². The van der Waals surface area contributed by atoms with Gasteiger partial charge in [0, 0.05) is 6.20 Å². The number of hydrogen-bond donors (Lipinski definition) is 4. The maximum absolute atomic E-state index is 10.5. The van der Waals surface area contributed by atoms with Crippen LogP contribution in [-0.4, -0.2) is 55.9 Å². The van der Waals surface area contributed by atoms with Crippen molar-refractivity contribution in [3.8, 4) is 0 Å². The molecule has 1 aromatic heterocycles. The lowest BCUT2D eigenvalue weighted by Gasteiger charge is -2.34. The number of anilines is 2. The van der Waals surface area contributed by atoms with E-state index in [1.54, 1.807) is 11.1 Å². The van der Waals surface area contributed by atoms with Crippen molar-refractivity contribution in [1.82, 2.24) is 9.97 Å². The van der Waals surface area contributed by atoms with Crippen LogP contribution in [0.4, 0.5) is 11.8 Å². The lowest BCUT2D eigenvalue weighted by atomic mass is 9.96. The highest BCUT2D eigenvalue weighted by Gasteiger charge is 2.56. The zero-order valence-electron chi connectivity index (χ0n) is 11.3. The largest absolute Gasteiger partial charge is 0.394 e. The number of ether oxygens (including phenoxy) is 1. The van der Waals surface area contributed by atoms with Crippen molar-refractivity contribution in [1.29, 1.82) is 0 Å². The number of aliphatic hydroxyl groups excluding tert-OH is 2. The summed E-state index contributed by atoms with van der Waals surface area (Å²) in [6, 6.07) is 0. The van der Waals surface area contributed by atoms with Gasteiger partial charge in [0.2, 0.25) is 5.95 Å². The SMILES string of the molecule is C=C1Sc2cnc(N)nc2N1[C@@H]1O[C@H](CO)[C@@H](O)[C@@]1(C)O. The molecule has 9 heteroatoms. The summed E-state index contributed by atoms with van der Waals surface area (Å²) in [6.07, 6.45) is -1.48. The molecule has 5 N–H and O–H groups in total. The average molecular weight is 312 g/mol. The van der Waals surface area contributed by atoms with Crippen LogP contribution in [0.2, 0.25) is 0 Å². The van der Waals surface area contributed by atoms with Crippen LogP contribution in [0.15, 0.2) is 22.7 Å². The first-order valence-corrected chi connectivity index (χ1v) is 7.13. The van der Waals surface area contributed by atoms with Crippen molar-refractivity contribution in [2.45, 2.75) is 35.9 Å². The fourth-order valence-corrected chi connectivity index (χ4v) is 3.40. The summed E-state index contributed by atoms with van der Waals surface area (Å²) in [5, 5.41) is 30.4. The molecule has 1 fully saturated rings. The summed E-state index contributed by atoms with van der Waals surface area (Å²) in [5.74, 6) is 0.555. The topological polar surface area (TPSA) is 125 Å². The molecular formula is C12H16N4O4S. The Hall–Kier alpha value is -1.39. The number of aliphatic hydroxyl groups is 3. The Morgan fingerprint density at radius 1 is 1.62 bits per heavy atom. The summed E-state index contributed by atoms with van der Waals surface area (Å²) < 4.78 is 5.59. The van der Waals surface area contributed by atoms with E-state index in [9.17, 15) is 15.3 Å². The lowest BCUT2D eigenvalue weighted by molar-refractivity contribution is -0.0612. The highest BCUT2D eigenvalue weighted by molar-refractivity contribution is 8.03. The van der Waals surface area contributed by atoms with Crippen LogP contribution < -0.4 is 10.6 Å². The van der Waals surface area contributed by atoms with Gasteiger partial charge >= 0.3 is 0 Å². The third kappa shape index (κ3) is 2.09. The third-order valence-corrected chi connectivity index (χ3v) is 4.59. The first kappa shape index (κ1) is 14.5. The zero-order chi connectivity index (χ0) is 15.4. The van der Waals surface area contributed by atoms with Gasteiger partial charge in [-0.1, -0.05) is 18.3 Å². The van der Waals surface area contributed by atoms with Crippen molar-refractivity contribution < 1.29 is 20.1 Å². The van der Waals surface area contributed by atoms with E-state index in [0.29, 0.717) is 10.8 Å². The van der Waals surface area contributed by atoms with Gasteiger partial charge in [0.05, 0.1) is 16.5 Å². The van der Waals surface area contributed by atoms with E-state index in [0.717, 1.165) is 4.90 Å². The number of thioether (sulfide) groups is 1. The molecule has 3 heterocycles. The van der Waals surface area contributed by atoms with Crippen LogP contribution in [0.1, 0.15) is 6.92 Å². The second-order valence-electron chi connectivity index (χ2n) is 5.16. The molecule has 0 aromatic carbocycles. The molecule has 0 saturated carbocycles. The van der Waals surface area contributed by atoms with E-state index in [-0.39, 0.29) is 5.95 Å². The zero-order valence-corrected chi connectivity index (χ0v) is 12.1. The van der Waals surface area contributed by atoms with Crippen LogP contribution in [-0.2, 0) is 4.74 Å². The highest BCUT2D eigenvalue weighted by atomic mass is 32.2. The molecule has 8 nitrogen and oxygen atoms in total. The van der Waals surface area contributed by atoms with Crippen molar-refractivity contribution in [3.05, 3.63) is 17.8 Å². The van der Waals surface area contributed by atoms with Crippen LogP contribution in [0.25, 0.3) is 0 Å². The molecule has 0 unspecified atom stereocenters. The minimum atomic E-state index is -1.60. The van der Waals surface area contributed by atoms with Crippen molar-refractivity contribution >= 4 is 23.5 Å². The molecular weight excluding hydrogens is 296 g/mol. The molecule has 1 saturated heterocycles. The minimum absolute atomic E-state index is 0.0888. The van der Waals surface area contributed by atoms with Gasteiger partial charge in [0.1, 0.15) is 17.8 Å². The quantitative estimate of drug-likeness (QED) is 0.559. The maximum Gasteiger partial charge on any atom is 0.222 e. The van der Waals surface area contributed by atoms with Gasteiger partial charge in [-0.15, -0.1) is 0 Å². The fraction of sp³-hybridized carbons (Fsp3) is 0.500. The number of hydrogen-bond acceptors (Lipinski definition) is 9.